The summed E-state index contributed by atoms with van der Waals surface area (Å²) in [5, 5.41) is 31.7. The van der Waals surface area contributed by atoms with Gasteiger partial charge in [-0.1, -0.05) is 0 Å². The van der Waals surface area contributed by atoms with Crippen molar-refractivity contribution in [3.8, 4) is 5.75 Å². The Morgan fingerprint density at radius 2 is 2.03 bits per heavy atom. The fourth-order valence-electron chi connectivity index (χ4n) is 5.38. The van der Waals surface area contributed by atoms with E-state index in [-0.39, 0.29) is 5.75 Å². The molecule has 6 rings (SSSR count). The van der Waals surface area contributed by atoms with Gasteiger partial charge in [-0.15, -0.1) is 0 Å². The van der Waals surface area contributed by atoms with E-state index in [9.17, 15) is 15.3 Å². The molecule has 0 bridgehead atoms. The van der Waals surface area contributed by atoms with E-state index in [0.29, 0.717) is 35.4 Å². The molecular weight excluding hydrogens is 450 g/mol. The Balaban J connectivity index is 1.06. The summed E-state index contributed by atoms with van der Waals surface area (Å²) in [4.78, 5) is 18.4. The number of ether oxygens (including phenoxy) is 1. The van der Waals surface area contributed by atoms with E-state index in [4.69, 9.17) is 10.5 Å². The lowest BCUT2D eigenvalue weighted by atomic mass is 9.77. The third-order valence-electron chi connectivity index (χ3n) is 7.45. The van der Waals surface area contributed by atoms with Gasteiger partial charge in [0.25, 0.3) is 0 Å². The number of likely N-dealkylation sites (N-methyl/N-ethyl adjacent to an activating group) is 1. The second-order valence-electron chi connectivity index (χ2n) is 9.79. The highest BCUT2D eigenvalue weighted by Crippen LogP contribution is 2.37. The van der Waals surface area contributed by atoms with Gasteiger partial charge in [0.05, 0.1) is 16.4 Å². The van der Waals surface area contributed by atoms with Gasteiger partial charge in [-0.3, -0.25) is 0 Å². The van der Waals surface area contributed by atoms with E-state index in [2.05, 4.69) is 24.8 Å². The number of nitrogen functional groups attached to an aromatic ring is 1. The van der Waals surface area contributed by atoms with Crippen molar-refractivity contribution in [2.24, 2.45) is 5.92 Å². The molecule has 2 aliphatic rings. The number of nitrogens with two attached hydrogens (primary N) is 1. The number of nitrogens with zero attached hydrogens (tertiary/aromatic N) is 5. The Morgan fingerprint density at radius 3 is 2.86 bits per heavy atom. The number of fused-ring (bicyclic) bond motifs is 2. The molecule has 0 spiro atoms. The number of hydrogen-bond acceptors (Lipinski definition) is 9. The van der Waals surface area contributed by atoms with Gasteiger partial charge in [0.2, 0.25) is 0 Å². The Kier molecular flexibility index (Phi) is 5.37. The average molecular weight is 480 g/mol. The minimum Gasteiger partial charge on any atom is -0.508 e. The number of aliphatic hydroxyl groups is 2. The van der Waals surface area contributed by atoms with Crippen LogP contribution in [0.5, 0.6) is 5.75 Å². The fraction of sp³-hybridized carbons (Fsp3) is 0.458. The monoisotopic (exact) mass is 479 g/mol. The van der Waals surface area contributed by atoms with Gasteiger partial charge in [-0.2, -0.15) is 0 Å². The van der Waals surface area contributed by atoms with Crippen molar-refractivity contribution in [1.82, 2.24) is 29.4 Å². The predicted octanol–water partition coefficient (Wildman–Crippen LogP) is 1.17. The smallest absolute Gasteiger partial charge is 0.164 e. The molecule has 4 atom stereocenters. The van der Waals surface area contributed by atoms with E-state index >= 15 is 0 Å². The van der Waals surface area contributed by atoms with Crippen LogP contribution in [0, 0.1) is 5.92 Å². The molecule has 35 heavy (non-hydrogen) atoms. The minimum atomic E-state index is -1.08. The molecule has 6 N–H and O–H groups in total. The first-order valence-corrected chi connectivity index (χ1v) is 11.8. The number of benzene rings is 1. The van der Waals surface area contributed by atoms with Crippen molar-refractivity contribution in [1.29, 1.82) is 0 Å². The minimum absolute atomic E-state index is 0.215. The van der Waals surface area contributed by atoms with E-state index < -0.39 is 24.5 Å². The van der Waals surface area contributed by atoms with Crippen LogP contribution in [0.4, 0.5) is 5.82 Å². The summed E-state index contributed by atoms with van der Waals surface area (Å²) < 4.78 is 7.82. The first-order chi connectivity index (χ1) is 16.9. The van der Waals surface area contributed by atoms with Crippen LogP contribution >= 0.6 is 0 Å². The van der Waals surface area contributed by atoms with Crippen LogP contribution < -0.4 is 5.73 Å². The molecule has 4 heterocycles. The SMILES string of the molecule is CN(C[C@H]1O[C@@H](n2ccc3c(N)ncnc32)[C@H](O)[C@@H]1O)C1CC(Cc2nc3cc(O)ccc3[nH]2)C1. The molecule has 184 valence electrons. The first kappa shape index (κ1) is 22.2. The third kappa shape index (κ3) is 3.90. The van der Waals surface area contributed by atoms with Crippen molar-refractivity contribution >= 4 is 27.9 Å². The van der Waals surface area contributed by atoms with Gasteiger partial charge in [0.1, 0.15) is 47.7 Å². The number of aromatic nitrogens is 5. The van der Waals surface area contributed by atoms with Crippen molar-refractivity contribution in [2.45, 2.75) is 49.8 Å². The van der Waals surface area contributed by atoms with E-state index in [1.807, 2.05) is 13.1 Å². The molecule has 3 aromatic heterocycles. The van der Waals surface area contributed by atoms with Crippen molar-refractivity contribution in [3.63, 3.8) is 0 Å². The Bertz CT molecular complexity index is 1360. The lowest BCUT2D eigenvalue weighted by Crippen LogP contribution is -2.48. The van der Waals surface area contributed by atoms with Crippen LogP contribution in [0.3, 0.4) is 0 Å². The molecule has 0 radical (unpaired) electrons. The summed E-state index contributed by atoms with van der Waals surface area (Å²) in [7, 11) is 2.03. The molecule has 0 amide bonds. The highest BCUT2D eigenvalue weighted by Gasteiger charge is 2.45. The van der Waals surface area contributed by atoms with Crippen LogP contribution in [0.1, 0.15) is 24.9 Å². The normalized spacial score (nSPS) is 28.8. The van der Waals surface area contributed by atoms with Gasteiger partial charge in [0.15, 0.2) is 6.23 Å². The summed E-state index contributed by atoms with van der Waals surface area (Å²) in [6.45, 7) is 0.506. The maximum atomic E-state index is 10.7. The van der Waals surface area contributed by atoms with Crippen LogP contribution in [0.15, 0.2) is 36.8 Å². The van der Waals surface area contributed by atoms with E-state index in [0.717, 1.165) is 36.1 Å². The highest BCUT2D eigenvalue weighted by molar-refractivity contribution is 5.86. The largest absolute Gasteiger partial charge is 0.508 e. The number of phenolic OH excluding ortho intramolecular Hbond substituents is 1. The van der Waals surface area contributed by atoms with Crippen molar-refractivity contribution < 1.29 is 20.1 Å². The maximum Gasteiger partial charge on any atom is 0.164 e. The van der Waals surface area contributed by atoms with Gasteiger partial charge >= 0.3 is 0 Å². The van der Waals surface area contributed by atoms with Gasteiger partial charge in [-0.25, -0.2) is 15.0 Å². The molecule has 11 nitrogen and oxygen atoms in total. The number of aromatic amines is 1. The lowest BCUT2D eigenvalue weighted by molar-refractivity contribution is -0.0509. The Morgan fingerprint density at radius 1 is 1.20 bits per heavy atom. The first-order valence-electron chi connectivity index (χ1n) is 11.8. The number of anilines is 1. The van der Waals surface area contributed by atoms with Crippen LogP contribution in [0.2, 0.25) is 0 Å². The molecule has 1 saturated carbocycles. The van der Waals surface area contributed by atoms with Crippen LogP contribution in [0.25, 0.3) is 22.1 Å². The molecule has 1 aliphatic heterocycles. The zero-order chi connectivity index (χ0) is 24.3. The summed E-state index contributed by atoms with van der Waals surface area (Å²) in [6.07, 6.45) is 2.64. The van der Waals surface area contributed by atoms with E-state index in [1.165, 1.54) is 6.33 Å². The van der Waals surface area contributed by atoms with Crippen LogP contribution in [-0.2, 0) is 11.2 Å². The number of imidazole rings is 1. The zero-order valence-electron chi connectivity index (χ0n) is 19.3. The molecule has 0 unspecified atom stereocenters. The quantitative estimate of drug-likeness (QED) is 0.274. The summed E-state index contributed by atoms with van der Waals surface area (Å²) in [6, 6.07) is 7.32. The number of aliphatic hydroxyl groups excluding tert-OH is 2. The molecular formula is C24H29N7O4. The van der Waals surface area contributed by atoms with Gasteiger partial charge in [-0.05, 0) is 44.0 Å². The summed E-state index contributed by atoms with van der Waals surface area (Å²) >= 11 is 0. The number of phenols is 1. The molecule has 11 heteroatoms. The van der Waals surface area contributed by atoms with Crippen LogP contribution in [-0.4, -0.2) is 82.7 Å². The summed E-state index contributed by atoms with van der Waals surface area (Å²) in [5.41, 5.74) is 8.19. The Labute approximate surface area is 201 Å². The molecule has 1 saturated heterocycles. The Hall–Kier alpha value is -3.25. The molecule has 1 aliphatic carbocycles. The van der Waals surface area contributed by atoms with Crippen molar-refractivity contribution in [3.05, 3.63) is 42.6 Å². The summed E-state index contributed by atoms with van der Waals surface area (Å²) in [5.74, 6) is 2.02. The third-order valence-corrected chi connectivity index (χ3v) is 7.45. The average Bonchev–Trinajstić information content (AvgIpc) is 3.48. The topological polar surface area (TPSA) is 159 Å². The highest BCUT2D eigenvalue weighted by atomic mass is 16.6. The molecule has 2 fully saturated rings. The number of rotatable bonds is 6. The van der Waals surface area contributed by atoms with Gasteiger partial charge < -0.3 is 40.2 Å². The lowest BCUT2D eigenvalue weighted by Gasteiger charge is -2.42. The van der Waals surface area contributed by atoms with Gasteiger partial charge in [0, 0.05) is 31.3 Å². The standard InChI is InChI=1S/C24H29N7O4/c1-30(13-6-12(7-13)8-19-28-16-3-2-14(32)9-17(16)29-19)10-18-20(33)21(34)24(35-18)31-5-4-15-22(25)26-11-27-23(15)31/h2-5,9,11-13,18,20-21,24,32-34H,6-8,10H2,1H3,(H,28,29)(H2,25,26,27)/t12?,13?,18-,20-,21-,24-/m1/s1. The molecule has 4 aromatic rings. The van der Waals surface area contributed by atoms with Crippen molar-refractivity contribution in [2.75, 3.05) is 19.3 Å². The maximum absolute atomic E-state index is 10.7. The van der Waals surface area contributed by atoms with E-state index in [1.54, 1.807) is 29.0 Å². The predicted molar refractivity (Wildman–Crippen MR) is 128 cm³/mol. The zero-order valence-corrected chi connectivity index (χ0v) is 19.3. The second kappa shape index (κ2) is 8.45. The fourth-order valence-corrected chi connectivity index (χ4v) is 5.38. The number of aromatic hydroxyl groups is 1. The molecule has 1 aromatic carbocycles. The number of hydrogen-bond donors (Lipinski definition) is 5. The second-order valence-corrected chi connectivity index (χ2v) is 9.79. The number of nitrogens with one attached hydrogen (secondary N) is 1. The number of H-pyrrole nitrogens is 1.